The number of hydrogen-bond donors (Lipinski definition) is 3. The summed E-state index contributed by atoms with van der Waals surface area (Å²) in [6, 6.07) is 6.25. The first-order valence-electron chi connectivity index (χ1n) is 12.0. The van der Waals surface area contributed by atoms with Crippen LogP contribution in [0.15, 0.2) is 35.7 Å². The first-order chi connectivity index (χ1) is 16.4. The van der Waals surface area contributed by atoms with Crippen LogP contribution in [-0.4, -0.2) is 61.6 Å². The number of aromatic nitrogens is 2. The molecule has 1 aliphatic heterocycles. The second kappa shape index (κ2) is 9.21. The summed E-state index contributed by atoms with van der Waals surface area (Å²) in [5.74, 6) is 0.255. The van der Waals surface area contributed by atoms with Gasteiger partial charge in [0.15, 0.2) is 11.6 Å². The van der Waals surface area contributed by atoms with Crippen LogP contribution in [0.2, 0.25) is 0 Å². The predicted molar refractivity (Wildman–Crippen MR) is 132 cm³/mol. The molecule has 0 radical (unpaired) electrons. The number of halogens is 1. The molecule has 2 aliphatic carbocycles. The molecule has 9 heteroatoms. The molecule has 3 N–H and O–H groups in total. The molecule has 1 amide bonds. The lowest BCUT2D eigenvalue weighted by Crippen LogP contribution is -2.30. The number of rotatable bonds is 8. The van der Waals surface area contributed by atoms with Gasteiger partial charge >= 0.3 is 0 Å². The monoisotopic (exact) mass is 465 g/mol. The first-order valence-corrected chi connectivity index (χ1v) is 12.0. The molecule has 8 nitrogen and oxygen atoms in total. The van der Waals surface area contributed by atoms with E-state index in [0.29, 0.717) is 5.95 Å². The Morgan fingerprint density at radius 3 is 2.85 bits per heavy atom. The van der Waals surface area contributed by atoms with Crippen molar-refractivity contribution in [3.05, 3.63) is 47.0 Å². The molecule has 3 aliphatic rings. The predicted octanol–water partition coefficient (Wildman–Crippen LogP) is 3.13. The van der Waals surface area contributed by atoms with Gasteiger partial charge in [0.05, 0.1) is 6.20 Å². The third kappa shape index (κ3) is 4.32. The van der Waals surface area contributed by atoms with Crippen LogP contribution in [0.4, 0.5) is 27.5 Å². The van der Waals surface area contributed by atoms with Gasteiger partial charge in [0.1, 0.15) is 0 Å². The average Bonchev–Trinajstić information content (AvgIpc) is 3.54. The summed E-state index contributed by atoms with van der Waals surface area (Å²) in [4.78, 5) is 25.6. The summed E-state index contributed by atoms with van der Waals surface area (Å²) in [6.07, 6.45) is 5.10. The van der Waals surface area contributed by atoms with Gasteiger partial charge in [0, 0.05) is 55.2 Å². The molecular formula is C25H32FN7O. The Labute approximate surface area is 199 Å². The van der Waals surface area contributed by atoms with Crippen LogP contribution < -0.4 is 20.9 Å². The third-order valence-electron chi connectivity index (χ3n) is 7.15. The van der Waals surface area contributed by atoms with Gasteiger partial charge in [-0.1, -0.05) is 0 Å². The van der Waals surface area contributed by atoms with Crippen LogP contribution in [0.25, 0.3) is 0 Å². The van der Waals surface area contributed by atoms with Crippen molar-refractivity contribution < 1.29 is 9.18 Å². The SMILES string of the molecule is CNC(=O)C1=C(Nc2nc(Nc3ccc4c(c3)CCN4CCN(C)C)ncc2F)C2CCC1C2. The number of likely N-dealkylation sites (N-methyl/N-ethyl adjacent to an activating group) is 2. The second-order valence-corrected chi connectivity index (χ2v) is 9.64. The van der Waals surface area contributed by atoms with E-state index in [1.165, 1.54) is 17.4 Å². The van der Waals surface area contributed by atoms with Gasteiger partial charge in [-0.2, -0.15) is 4.98 Å². The van der Waals surface area contributed by atoms with Crippen LogP contribution in [0.1, 0.15) is 24.8 Å². The number of carbonyl (C=O) groups excluding carboxylic acids is 1. The number of amides is 1. The Morgan fingerprint density at radius 1 is 1.24 bits per heavy atom. The highest BCUT2D eigenvalue weighted by molar-refractivity contribution is 5.96. The minimum Gasteiger partial charge on any atom is -0.370 e. The summed E-state index contributed by atoms with van der Waals surface area (Å²) in [5, 5.41) is 9.09. The molecule has 1 aromatic carbocycles. The van der Waals surface area contributed by atoms with E-state index in [1.807, 2.05) is 6.07 Å². The van der Waals surface area contributed by atoms with Crippen LogP contribution in [0.3, 0.4) is 0 Å². The van der Waals surface area contributed by atoms with E-state index in [9.17, 15) is 9.18 Å². The molecule has 2 unspecified atom stereocenters. The smallest absolute Gasteiger partial charge is 0.248 e. The number of anilines is 4. The maximum absolute atomic E-state index is 14.6. The van der Waals surface area contributed by atoms with Gasteiger partial charge in [-0.05, 0) is 69.5 Å². The van der Waals surface area contributed by atoms with E-state index >= 15 is 0 Å². The Morgan fingerprint density at radius 2 is 2.06 bits per heavy atom. The lowest BCUT2D eigenvalue weighted by molar-refractivity contribution is -0.117. The molecule has 0 saturated heterocycles. The van der Waals surface area contributed by atoms with E-state index in [1.54, 1.807) is 7.05 Å². The summed E-state index contributed by atoms with van der Waals surface area (Å²) >= 11 is 0. The number of nitrogens with one attached hydrogen (secondary N) is 3. The van der Waals surface area contributed by atoms with E-state index < -0.39 is 5.82 Å². The number of allylic oxidation sites excluding steroid dienone is 1. The quantitative estimate of drug-likeness (QED) is 0.552. The highest BCUT2D eigenvalue weighted by Gasteiger charge is 2.42. The lowest BCUT2D eigenvalue weighted by Gasteiger charge is -2.22. The van der Waals surface area contributed by atoms with Crippen LogP contribution in [0, 0.1) is 17.7 Å². The van der Waals surface area contributed by atoms with Crippen molar-refractivity contribution in [2.75, 3.05) is 56.3 Å². The van der Waals surface area contributed by atoms with Gasteiger partial charge in [-0.3, -0.25) is 4.79 Å². The molecule has 0 spiro atoms. The van der Waals surface area contributed by atoms with Crippen molar-refractivity contribution in [2.24, 2.45) is 11.8 Å². The molecule has 2 atom stereocenters. The summed E-state index contributed by atoms with van der Waals surface area (Å²) in [6.45, 7) is 3.02. The van der Waals surface area contributed by atoms with Gasteiger partial charge in [0.25, 0.3) is 0 Å². The van der Waals surface area contributed by atoms with Crippen molar-refractivity contribution >= 4 is 29.0 Å². The Hall–Kier alpha value is -3.20. The summed E-state index contributed by atoms with van der Waals surface area (Å²) in [7, 11) is 5.80. The maximum Gasteiger partial charge on any atom is 0.248 e. The molecule has 2 aromatic rings. The number of hydrogen-bond acceptors (Lipinski definition) is 7. The third-order valence-corrected chi connectivity index (χ3v) is 7.15. The number of nitrogens with zero attached hydrogens (tertiary/aromatic N) is 4. The van der Waals surface area contributed by atoms with E-state index in [0.717, 1.165) is 62.3 Å². The van der Waals surface area contributed by atoms with E-state index in [4.69, 9.17) is 0 Å². The van der Waals surface area contributed by atoms with Gasteiger partial charge in [-0.25, -0.2) is 9.37 Å². The van der Waals surface area contributed by atoms with Crippen molar-refractivity contribution in [3.63, 3.8) is 0 Å². The Kier molecular flexibility index (Phi) is 6.12. The molecule has 180 valence electrons. The highest BCUT2D eigenvalue weighted by Crippen LogP contribution is 2.48. The first kappa shape index (κ1) is 22.6. The van der Waals surface area contributed by atoms with Gasteiger partial charge in [0.2, 0.25) is 11.9 Å². The largest absolute Gasteiger partial charge is 0.370 e. The molecule has 2 heterocycles. The number of benzene rings is 1. The molecule has 1 aromatic heterocycles. The van der Waals surface area contributed by atoms with E-state index in [2.05, 4.69) is 61.9 Å². The Balaban J connectivity index is 1.33. The highest BCUT2D eigenvalue weighted by atomic mass is 19.1. The van der Waals surface area contributed by atoms with Crippen molar-refractivity contribution in [2.45, 2.75) is 25.7 Å². The molecular weight excluding hydrogens is 433 g/mol. The lowest BCUT2D eigenvalue weighted by atomic mass is 9.95. The molecule has 1 saturated carbocycles. The molecule has 5 rings (SSSR count). The summed E-state index contributed by atoms with van der Waals surface area (Å²) in [5.41, 5.74) is 4.96. The fourth-order valence-corrected chi connectivity index (χ4v) is 5.43. The van der Waals surface area contributed by atoms with Gasteiger partial charge in [-0.15, -0.1) is 0 Å². The Bertz CT molecular complexity index is 1130. The van der Waals surface area contributed by atoms with Crippen LogP contribution in [-0.2, 0) is 11.2 Å². The molecule has 34 heavy (non-hydrogen) atoms. The van der Waals surface area contributed by atoms with Crippen LogP contribution >= 0.6 is 0 Å². The van der Waals surface area contributed by atoms with E-state index in [-0.39, 0.29) is 23.6 Å². The normalized spacial score (nSPS) is 20.8. The number of fused-ring (bicyclic) bond motifs is 3. The fraction of sp³-hybridized carbons (Fsp3) is 0.480. The van der Waals surface area contributed by atoms with Crippen molar-refractivity contribution in [1.82, 2.24) is 20.2 Å². The van der Waals surface area contributed by atoms with Crippen molar-refractivity contribution in [1.29, 1.82) is 0 Å². The maximum atomic E-state index is 14.6. The zero-order chi connectivity index (χ0) is 23.8. The number of carbonyl (C=O) groups is 1. The van der Waals surface area contributed by atoms with Crippen LogP contribution in [0.5, 0.6) is 0 Å². The minimum atomic E-state index is -0.539. The van der Waals surface area contributed by atoms with Gasteiger partial charge < -0.3 is 25.8 Å². The fourth-order valence-electron chi connectivity index (χ4n) is 5.43. The molecule has 1 fully saturated rings. The average molecular weight is 466 g/mol. The van der Waals surface area contributed by atoms with Crippen molar-refractivity contribution in [3.8, 4) is 0 Å². The zero-order valence-corrected chi connectivity index (χ0v) is 20.0. The topological polar surface area (TPSA) is 85.4 Å². The standard InChI is InChI=1S/C25H32FN7O/c1-27-24(34)21-16-4-5-17(12-16)22(21)30-23-19(26)14-28-25(31-23)29-18-6-7-20-15(13-18)8-9-33(20)11-10-32(2)3/h6-7,13-14,16-17H,4-5,8-12H2,1-3H3,(H,27,34)(H2,28,29,30,31). The minimum absolute atomic E-state index is 0.0949. The zero-order valence-electron chi connectivity index (χ0n) is 20.0. The molecule has 2 bridgehead atoms. The summed E-state index contributed by atoms with van der Waals surface area (Å²) < 4.78 is 14.6. The second-order valence-electron chi connectivity index (χ2n) is 9.64.